The van der Waals surface area contributed by atoms with Crippen LogP contribution in [0.4, 0.5) is 20.7 Å². The molecule has 2 N–H and O–H groups in total. The van der Waals surface area contributed by atoms with Gasteiger partial charge in [0.05, 0.1) is 23.0 Å². The van der Waals surface area contributed by atoms with Gasteiger partial charge in [-0.3, -0.25) is 4.79 Å². The lowest BCUT2D eigenvalue weighted by atomic mass is 9.92. The summed E-state index contributed by atoms with van der Waals surface area (Å²) < 4.78 is 20.2. The summed E-state index contributed by atoms with van der Waals surface area (Å²) in [6.07, 6.45) is 0. The molecule has 3 rings (SSSR count). The molecule has 8 nitrogen and oxygen atoms in total. The summed E-state index contributed by atoms with van der Waals surface area (Å²) in [7, 11) is 1.50. The summed E-state index contributed by atoms with van der Waals surface area (Å²) in [5.41, 5.74) is 1.37. The van der Waals surface area contributed by atoms with Crippen LogP contribution < -0.4 is 10.6 Å². The zero-order valence-electron chi connectivity index (χ0n) is 20.1. The third-order valence-corrected chi connectivity index (χ3v) is 5.41. The molecule has 0 aliphatic heterocycles. The standard InChI is InChI=1S/C25H29ClFN5O3/c1-25(2,3)21-15-22(32(30-21)20-11-6-5-10-19(20)26)29-23(33)16-31(12-13-35-4)24(34)28-18-9-7-8-17(27)14-18/h5-11,14-15H,12-13,16H2,1-4H3,(H,28,34)(H,29,33). The molecule has 0 saturated carbocycles. The summed E-state index contributed by atoms with van der Waals surface area (Å²) in [6.45, 7) is 6.16. The first-order valence-electron chi connectivity index (χ1n) is 11.0. The van der Waals surface area contributed by atoms with Crippen molar-refractivity contribution in [3.63, 3.8) is 0 Å². The van der Waals surface area contributed by atoms with E-state index in [1.165, 1.54) is 30.2 Å². The van der Waals surface area contributed by atoms with E-state index in [4.69, 9.17) is 16.3 Å². The molecule has 2 aromatic carbocycles. The number of ether oxygens (including phenoxy) is 1. The number of hydrogen-bond acceptors (Lipinski definition) is 4. The van der Waals surface area contributed by atoms with Crippen molar-refractivity contribution in [1.29, 1.82) is 0 Å². The Bertz CT molecular complexity index is 1190. The van der Waals surface area contributed by atoms with E-state index < -0.39 is 17.8 Å². The Balaban J connectivity index is 1.82. The van der Waals surface area contributed by atoms with Crippen LogP contribution in [0.15, 0.2) is 54.6 Å². The molecule has 0 saturated heterocycles. The van der Waals surface area contributed by atoms with Crippen molar-refractivity contribution in [3.8, 4) is 5.69 Å². The minimum absolute atomic E-state index is 0.155. The van der Waals surface area contributed by atoms with Crippen molar-refractivity contribution in [1.82, 2.24) is 14.7 Å². The van der Waals surface area contributed by atoms with E-state index in [1.807, 2.05) is 32.9 Å². The average molecular weight is 502 g/mol. The van der Waals surface area contributed by atoms with Crippen LogP contribution in [0.1, 0.15) is 26.5 Å². The SMILES string of the molecule is COCCN(CC(=O)Nc1cc(C(C)(C)C)nn1-c1ccccc1Cl)C(=O)Nc1cccc(F)c1. The molecule has 0 bridgehead atoms. The number of rotatable bonds is 8. The zero-order chi connectivity index (χ0) is 25.6. The van der Waals surface area contributed by atoms with Gasteiger partial charge in [-0.15, -0.1) is 0 Å². The molecule has 10 heteroatoms. The fraction of sp³-hybridized carbons (Fsp3) is 0.320. The number of benzene rings is 2. The number of anilines is 2. The monoisotopic (exact) mass is 501 g/mol. The lowest BCUT2D eigenvalue weighted by Gasteiger charge is -2.22. The van der Waals surface area contributed by atoms with E-state index in [2.05, 4.69) is 15.7 Å². The number of nitrogens with one attached hydrogen (secondary N) is 2. The Morgan fingerprint density at radius 3 is 2.51 bits per heavy atom. The topological polar surface area (TPSA) is 88.5 Å². The van der Waals surface area contributed by atoms with Gasteiger partial charge in [0.1, 0.15) is 18.2 Å². The average Bonchev–Trinajstić information content (AvgIpc) is 3.21. The van der Waals surface area contributed by atoms with Crippen LogP contribution in [0.3, 0.4) is 0 Å². The minimum Gasteiger partial charge on any atom is -0.383 e. The van der Waals surface area contributed by atoms with Crippen LogP contribution in [0.5, 0.6) is 0 Å². The van der Waals surface area contributed by atoms with Gasteiger partial charge in [0.2, 0.25) is 5.91 Å². The summed E-state index contributed by atoms with van der Waals surface area (Å²) in [6, 6.07) is 13.9. The predicted molar refractivity (Wildman–Crippen MR) is 135 cm³/mol. The van der Waals surface area contributed by atoms with Gasteiger partial charge in [-0.1, -0.05) is 50.6 Å². The molecule has 0 atom stereocenters. The van der Waals surface area contributed by atoms with Crippen molar-refractivity contribution in [2.24, 2.45) is 0 Å². The van der Waals surface area contributed by atoms with Gasteiger partial charge in [-0.25, -0.2) is 13.9 Å². The Hall–Kier alpha value is -3.43. The van der Waals surface area contributed by atoms with Gasteiger partial charge in [0, 0.05) is 30.8 Å². The maximum absolute atomic E-state index is 13.5. The van der Waals surface area contributed by atoms with Gasteiger partial charge < -0.3 is 20.3 Å². The lowest BCUT2D eigenvalue weighted by molar-refractivity contribution is -0.116. The fourth-order valence-corrected chi connectivity index (χ4v) is 3.44. The molecule has 0 unspecified atom stereocenters. The number of nitrogens with zero attached hydrogens (tertiary/aromatic N) is 3. The highest BCUT2D eigenvalue weighted by atomic mass is 35.5. The molecule has 3 amide bonds. The third-order valence-electron chi connectivity index (χ3n) is 5.09. The number of halogens is 2. The van der Waals surface area contributed by atoms with Crippen molar-refractivity contribution in [3.05, 3.63) is 71.1 Å². The van der Waals surface area contributed by atoms with E-state index in [0.29, 0.717) is 16.5 Å². The maximum Gasteiger partial charge on any atom is 0.322 e. The highest BCUT2D eigenvalue weighted by Crippen LogP contribution is 2.29. The normalized spacial score (nSPS) is 11.3. The van der Waals surface area contributed by atoms with Crippen LogP contribution in [0.2, 0.25) is 5.02 Å². The van der Waals surface area contributed by atoms with Gasteiger partial charge in [-0.2, -0.15) is 5.10 Å². The van der Waals surface area contributed by atoms with Gasteiger partial charge >= 0.3 is 6.03 Å². The number of carbonyl (C=O) groups is 2. The van der Waals surface area contributed by atoms with Crippen molar-refractivity contribution >= 4 is 35.0 Å². The smallest absolute Gasteiger partial charge is 0.322 e. The van der Waals surface area contributed by atoms with Crippen LogP contribution in [-0.4, -0.2) is 53.4 Å². The quantitative estimate of drug-likeness (QED) is 0.450. The number of hydrogen-bond donors (Lipinski definition) is 2. The third kappa shape index (κ3) is 7.03. The Morgan fingerprint density at radius 2 is 1.86 bits per heavy atom. The van der Waals surface area contributed by atoms with Crippen LogP contribution in [-0.2, 0) is 14.9 Å². The highest BCUT2D eigenvalue weighted by molar-refractivity contribution is 6.32. The van der Waals surface area contributed by atoms with Gasteiger partial charge in [0.15, 0.2) is 0 Å². The van der Waals surface area contributed by atoms with Crippen molar-refractivity contribution < 1.29 is 18.7 Å². The Labute approximate surface area is 209 Å². The zero-order valence-corrected chi connectivity index (χ0v) is 20.9. The van der Waals surface area contributed by atoms with E-state index in [0.717, 1.165) is 5.69 Å². The first kappa shape index (κ1) is 26.2. The molecule has 0 fully saturated rings. The van der Waals surface area contributed by atoms with E-state index >= 15 is 0 Å². The van der Waals surface area contributed by atoms with E-state index in [1.54, 1.807) is 28.9 Å². The number of para-hydroxylation sites is 1. The van der Waals surface area contributed by atoms with Crippen molar-refractivity contribution in [2.45, 2.75) is 26.2 Å². The minimum atomic E-state index is -0.558. The summed E-state index contributed by atoms with van der Waals surface area (Å²) >= 11 is 6.39. The highest BCUT2D eigenvalue weighted by Gasteiger charge is 2.24. The molecule has 35 heavy (non-hydrogen) atoms. The largest absolute Gasteiger partial charge is 0.383 e. The van der Waals surface area contributed by atoms with E-state index in [-0.39, 0.29) is 30.8 Å². The number of aromatic nitrogens is 2. The first-order chi connectivity index (χ1) is 16.6. The van der Waals surface area contributed by atoms with Crippen LogP contribution in [0, 0.1) is 5.82 Å². The molecular formula is C25H29ClFN5O3. The second-order valence-electron chi connectivity index (χ2n) is 8.93. The maximum atomic E-state index is 13.5. The molecule has 186 valence electrons. The molecular weight excluding hydrogens is 473 g/mol. The first-order valence-corrected chi connectivity index (χ1v) is 11.4. The number of carbonyl (C=O) groups excluding carboxylic acids is 2. The Morgan fingerprint density at radius 1 is 1.11 bits per heavy atom. The lowest BCUT2D eigenvalue weighted by Crippen LogP contribution is -2.42. The van der Waals surface area contributed by atoms with Gasteiger partial charge in [-0.05, 0) is 30.3 Å². The van der Waals surface area contributed by atoms with E-state index in [9.17, 15) is 14.0 Å². The molecule has 0 aliphatic carbocycles. The second-order valence-corrected chi connectivity index (χ2v) is 9.34. The molecule has 0 radical (unpaired) electrons. The molecule has 3 aromatic rings. The Kier molecular flexibility index (Phi) is 8.48. The van der Waals surface area contributed by atoms with Gasteiger partial charge in [0.25, 0.3) is 0 Å². The summed E-state index contributed by atoms with van der Waals surface area (Å²) in [5.74, 6) is -0.499. The molecule has 0 spiro atoms. The van der Waals surface area contributed by atoms with Crippen molar-refractivity contribution in [2.75, 3.05) is 37.4 Å². The number of urea groups is 1. The van der Waals surface area contributed by atoms with Crippen LogP contribution >= 0.6 is 11.6 Å². The molecule has 0 aliphatic rings. The summed E-state index contributed by atoms with van der Waals surface area (Å²) in [4.78, 5) is 27.1. The fourth-order valence-electron chi connectivity index (χ4n) is 3.22. The van der Waals surface area contributed by atoms with Crippen LogP contribution in [0.25, 0.3) is 5.69 Å². The number of amides is 3. The number of methoxy groups -OCH3 is 1. The summed E-state index contributed by atoms with van der Waals surface area (Å²) in [5, 5.41) is 10.6. The molecule has 1 aromatic heterocycles. The predicted octanol–water partition coefficient (Wildman–Crippen LogP) is 5.08. The second kappa shape index (κ2) is 11.3. The molecule has 1 heterocycles.